The first-order valence-electron chi connectivity index (χ1n) is 1.73. The predicted molar refractivity (Wildman–Crippen MR) is 81.7 cm³/mol. The molecule has 97 valence electrons. The van der Waals surface area contributed by atoms with Gasteiger partial charge < -0.3 is 40.2 Å². The third-order valence-corrected chi connectivity index (χ3v) is 0. The van der Waals surface area contributed by atoms with E-state index in [0.29, 0.717) is 0 Å². The average Bonchev–Trinajstić information content (AvgIpc) is 1.92. The normalized spacial score (nSPS) is 1.88. The van der Waals surface area contributed by atoms with E-state index < -0.39 is 0 Å². The van der Waals surface area contributed by atoms with E-state index in [2.05, 4.69) is 49.3 Å². The quantitative estimate of drug-likeness (QED) is 0.289. The minimum Gasteiger partial charge on any atom is -0.753 e. The van der Waals surface area contributed by atoms with Crippen molar-refractivity contribution in [1.82, 2.24) is 6.15 Å². The Balaban J connectivity index is -0.00000000653. The van der Waals surface area contributed by atoms with Crippen molar-refractivity contribution < 1.29 is 22.8 Å². The summed E-state index contributed by atoms with van der Waals surface area (Å²) in [6, 6.07) is 0. The molecule has 0 aromatic carbocycles. The molecule has 0 unspecified atom stereocenters. The Kier molecular flexibility index (Phi) is 1050. The number of hydrogen-bond acceptors (Lipinski definition) is 6. The maximum atomic E-state index is 7.18. The van der Waals surface area contributed by atoms with Crippen LogP contribution in [0.3, 0.4) is 0 Å². The van der Waals surface area contributed by atoms with Gasteiger partial charge in [0.05, 0.1) is 0 Å². The van der Waals surface area contributed by atoms with Crippen LogP contribution >= 0.6 is 49.3 Å². The third-order valence-electron chi connectivity index (χ3n) is 0. The standard InChI is InChI=1S/CHNS.3CNS.Cr.H3N.2H2N.H2O/c4*2-1-3;;;;;/h3H;;;;;1H3;3*1H2/q;3*-1;+5;;2*-1;. The number of nitriles is 1. The average molecular weight is 352 g/mol. The summed E-state index contributed by atoms with van der Waals surface area (Å²) in [5.74, 6) is 0. The fourth-order valence-corrected chi connectivity index (χ4v) is 0. The van der Waals surface area contributed by atoms with Crippen molar-refractivity contribution in [2.24, 2.45) is 0 Å². The molecule has 0 rings (SSSR count). The topological polar surface area (TPSA) is 224 Å². The summed E-state index contributed by atoms with van der Waals surface area (Å²) in [4.78, 5) is 0. The van der Waals surface area contributed by atoms with Gasteiger partial charge in [-0.15, -0.1) is 0 Å². The molecule has 0 aromatic rings. The molecule has 8 nitrogen and oxygen atoms in total. The fourth-order valence-electron chi connectivity index (χ4n) is 0. The van der Waals surface area contributed by atoms with Crippen LogP contribution in [-0.4, -0.2) is 21.0 Å². The van der Waals surface area contributed by atoms with E-state index in [-0.39, 0.29) is 41.3 Å². The summed E-state index contributed by atoms with van der Waals surface area (Å²) >= 11 is 14.2. The zero-order valence-electron chi connectivity index (χ0n) is 8.23. The molecule has 0 heterocycles. The van der Waals surface area contributed by atoms with Gasteiger partial charge in [0.1, 0.15) is 5.40 Å². The number of isothiocyanates is 3. The van der Waals surface area contributed by atoms with Crippen LogP contribution in [0.25, 0.3) is 28.5 Å². The maximum absolute atomic E-state index is 7.18. The van der Waals surface area contributed by atoms with Crippen LogP contribution in [0.5, 0.6) is 0 Å². The number of nitrogens with zero attached hydrogens (tertiary/aromatic N) is 4. The zero-order chi connectivity index (χ0) is 10.8. The molecule has 0 aliphatic rings. The van der Waals surface area contributed by atoms with Gasteiger partial charge in [-0.1, -0.05) is 49.3 Å². The number of rotatable bonds is 0. The van der Waals surface area contributed by atoms with E-state index in [0.717, 1.165) is 0 Å². The molecule has 0 aromatic heterocycles. The fraction of sp³-hybridized carbons (Fsp3) is 0. The zero-order valence-corrected chi connectivity index (χ0v) is 12.8. The number of thiol groups is 1. The van der Waals surface area contributed by atoms with E-state index in [1.807, 2.05) is 0 Å². The predicted octanol–water partition coefficient (Wildman–Crippen LogP) is 3.14. The van der Waals surface area contributed by atoms with Crippen molar-refractivity contribution in [3.8, 4) is 5.40 Å². The second-order valence-electron chi connectivity index (χ2n) is 0.374. The molecule has 0 bridgehead atoms. The molecule has 13 heteroatoms. The SMILES string of the molecule is N.N#CS.O.[Cr+5].[N-]=C=S.[N-]=C=S.[N-]=C=S.[NH2-].[NH2-]. The Morgan fingerprint density at radius 2 is 0.882 bits per heavy atom. The van der Waals surface area contributed by atoms with Gasteiger partial charge in [0.15, 0.2) is 0 Å². The van der Waals surface area contributed by atoms with Gasteiger partial charge in [0.2, 0.25) is 0 Å². The Morgan fingerprint density at radius 3 is 0.882 bits per heavy atom. The molecule has 0 amide bonds. The van der Waals surface area contributed by atoms with E-state index in [1.165, 1.54) is 20.9 Å². The van der Waals surface area contributed by atoms with E-state index in [9.17, 15) is 0 Å². The van der Waals surface area contributed by atoms with Gasteiger partial charge >= 0.3 is 17.4 Å². The summed E-state index contributed by atoms with van der Waals surface area (Å²) in [6.45, 7) is 0. The van der Waals surface area contributed by atoms with Crippen LogP contribution in [0.2, 0.25) is 0 Å². The summed E-state index contributed by atoms with van der Waals surface area (Å²) in [6.07, 6.45) is 0. The molecule has 0 spiro atoms. The minimum atomic E-state index is 0. The molecule has 1 radical (unpaired) electrons. The van der Waals surface area contributed by atoms with Gasteiger partial charge in [0, 0.05) is 0 Å². The smallest absolute Gasteiger partial charge is 0.753 e. The van der Waals surface area contributed by atoms with Crippen LogP contribution in [0.15, 0.2) is 0 Å². The summed E-state index contributed by atoms with van der Waals surface area (Å²) in [5.41, 5.74) is 0. The molecular weight excluding hydrogens is 342 g/mol. The molecule has 0 aliphatic heterocycles. The number of nitrogens with two attached hydrogens (primary N) is 2. The Labute approximate surface area is 132 Å². The van der Waals surface area contributed by atoms with E-state index >= 15 is 0 Å². The van der Waals surface area contributed by atoms with Gasteiger partial charge in [-0.05, 0) is 0 Å². The molecular formula is C4H10CrN7OS4. The van der Waals surface area contributed by atoms with Crippen LogP contribution in [0.4, 0.5) is 0 Å². The molecule has 9 N–H and O–H groups in total. The van der Waals surface area contributed by atoms with Gasteiger partial charge in [-0.3, -0.25) is 0 Å². The first kappa shape index (κ1) is 69.9. The third kappa shape index (κ3) is 19300. The van der Waals surface area contributed by atoms with Crippen LogP contribution < -0.4 is 6.15 Å². The Morgan fingerprint density at radius 1 is 0.882 bits per heavy atom. The van der Waals surface area contributed by atoms with Crippen molar-refractivity contribution in [3.63, 3.8) is 0 Å². The first-order valence-corrected chi connectivity index (χ1v) is 3.40. The van der Waals surface area contributed by atoms with Crippen molar-refractivity contribution in [2.75, 3.05) is 0 Å². The molecule has 0 saturated heterocycles. The van der Waals surface area contributed by atoms with Crippen LogP contribution in [0.1, 0.15) is 0 Å². The second-order valence-corrected chi connectivity index (χ2v) is 1.12. The Bertz CT molecular complexity index is 186. The monoisotopic (exact) mass is 352 g/mol. The van der Waals surface area contributed by atoms with Gasteiger partial charge in [0.25, 0.3) is 0 Å². The number of thiocyanates is 1. The van der Waals surface area contributed by atoms with Crippen molar-refractivity contribution in [3.05, 3.63) is 28.5 Å². The number of hydrogen-bond donors (Lipinski definition) is 2. The van der Waals surface area contributed by atoms with Gasteiger partial charge in [-0.25, -0.2) is 0 Å². The van der Waals surface area contributed by atoms with Crippen molar-refractivity contribution in [2.45, 2.75) is 0 Å². The molecule has 17 heavy (non-hydrogen) atoms. The minimum absolute atomic E-state index is 0. The maximum Gasteiger partial charge on any atom is 5.00 e. The summed E-state index contributed by atoms with van der Waals surface area (Å²) in [5, 5.41) is 34.0. The van der Waals surface area contributed by atoms with Crippen molar-refractivity contribution >= 4 is 64.8 Å². The van der Waals surface area contributed by atoms with Crippen LogP contribution in [0, 0.1) is 10.7 Å². The molecule has 0 atom stereocenters. The second kappa shape index (κ2) is 255. The van der Waals surface area contributed by atoms with E-state index in [1.54, 1.807) is 0 Å². The van der Waals surface area contributed by atoms with Gasteiger partial charge in [-0.2, -0.15) is 20.7 Å². The molecule has 0 saturated carbocycles. The van der Waals surface area contributed by atoms with Crippen LogP contribution in [-0.2, 0) is 17.4 Å². The largest absolute Gasteiger partial charge is 5.00 e. The number of thiocarbonyl (C=S) groups is 3. The van der Waals surface area contributed by atoms with Crippen molar-refractivity contribution in [1.29, 1.82) is 5.26 Å². The summed E-state index contributed by atoms with van der Waals surface area (Å²) < 4.78 is 0. The van der Waals surface area contributed by atoms with E-state index in [4.69, 9.17) is 21.5 Å². The summed E-state index contributed by atoms with van der Waals surface area (Å²) in [7, 11) is 0. The molecule has 0 fully saturated rings. The Hall–Kier alpha value is -0.388. The molecule has 0 aliphatic carbocycles. The first-order chi connectivity index (χ1) is 5.66.